The summed E-state index contributed by atoms with van der Waals surface area (Å²) >= 11 is 0. The van der Waals surface area contributed by atoms with Gasteiger partial charge in [-0.25, -0.2) is 4.98 Å². The summed E-state index contributed by atoms with van der Waals surface area (Å²) in [7, 11) is 0. The number of aliphatic hydroxyl groups excluding tert-OH is 1. The van der Waals surface area contributed by atoms with Gasteiger partial charge in [-0.2, -0.15) is 0 Å². The van der Waals surface area contributed by atoms with E-state index < -0.39 is 6.10 Å². The highest BCUT2D eigenvalue weighted by Gasteiger charge is 2.30. The Balaban J connectivity index is 1.64. The van der Waals surface area contributed by atoms with Crippen molar-refractivity contribution in [2.45, 2.75) is 39.2 Å². The Labute approximate surface area is 130 Å². The molecule has 3 rings (SSSR count). The molecule has 0 bridgehead atoms. The van der Waals surface area contributed by atoms with Gasteiger partial charge in [0.15, 0.2) is 0 Å². The molecule has 1 aliphatic rings. The fraction of sp³-hybridized carbons (Fsp3) is 0.412. The van der Waals surface area contributed by atoms with E-state index in [1.54, 1.807) is 6.33 Å². The number of amides is 1. The summed E-state index contributed by atoms with van der Waals surface area (Å²) in [6.45, 7) is 4.00. The SMILES string of the molecule is Cc1ncn(-c2ccc(NC(=O)CC(O)C3CC3)cc2)c1C. The smallest absolute Gasteiger partial charge is 0.226 e. The molecule has 1 aliphatic carbocycles. The number of carbonyl (C=O) groups excluding carboxylic acids is 1. The van der Waals surface area contributed by atoms with Crippen molar-refractivity contribution < 1.29 is 9.90 Å². The number of anilines is 1. The Bertz CT molecular complexity index is 672. The highest BCUT2D eigenvalue weighted by atomic mass is 16.3. The molecule has 2 aromatic rings. The Morgan fingerprint density at radius 2 is 2.05 bits per heavy atom. The molecular weight excluding hydrogens is 278 g/mol. The van der Waals surface area contributed by atoms with E-state index in [1.807, 2.05) is 42.7 Å². The van der Waals surface area contributed by atoms with Crippen LogP contribution in [-0.2, 0) is 4.79 Å². The van der Waals surface area contributed by atoms with Gasteiger partial charge in [0, 0.05) is 17.1 Å². The van der Waals surface area contributed by atoms with Crippen molar-refractivity contribution in [3.05, 3.63) is 42.0 Å². The summed E-state index contributed by atoms with van der Waals surface area (Å²) < 4.78 is 2.01. The Hall–Kier alpha value is -2.14. The number of rotatable bonds is 5. The summed E-state index contributed by atoms with van der Waals surface area (Å²) in [4.78, 5) is 16.2. The summed E-state index contributed by atoms with van der Waals surface area (Å²) in [5.74, 6) is 0.183. The molecule has 1 atom stereocenters. The molecule has 116 valence electrons. The molecule has 0 aliphatic heterocycles. The van der Waals surface area contributed by atoms with Crippen molar-refractivity contribution in [3.63, 3.8) is 0 Å². The zero-order valence-corrected chi connectivity index (χ0v) is 12.9. The van der Waals surface area contributed by atoms with Crippen molar-refractivity contribution in [1.29, 1.82) is 0 Å². The number of carbonyl (C=O) groups is 1. The fourth-order valence-corrected chi connectivity index (χ4v) is 2.51. The molecule has 1 amide bonds. The van der Waals surface area contributed by atoms with Crippen molar-refractivity contribution in [2.75, 3.05) is 5.32 Å². The normalized spacial score (nSPS) is 15.6. The van der Waals surface area contributed by atoms with E-state index in [9.17, 15) is 9.90 Å². The number of nitrogens with one attached hydrogen (secondary N) is 1. The van der Waals surface area contributed by atoms with Crippen LogP contribution in [0.5, 0.6) is 0 Å². The van der Waals surface area contributed by atoms with Gasteiger partial charge in [-0.3, -0.25) is 4.79 Å². The molecule has 1 aromatic carbocycles. The van der Waals surface area contributed by atoms with E-state index >= 15 is 0 Å². The molecule has 2 N–H and O–H groups in total. The van der Waals surface area contributed by atoms with Gasteiger partial charge >= 0.3 is 0 Å². The second-order valence-electron chi connectivity index (χ2n) is 5.99. The average Bonchev–Trinajstić information content (AvgIpc) is 3.28. The van der Waals surface area contributed by atoms with Crippen LogP contribution >= 0.6 is 0 Å². The third kappa shape index (κ3) is 3.20. The quantitative estimate of drug-likeness (QED) is 0.891. The summed E-state index contributed by atoms with van der Waals surface area (Å²) in [5.41, 5.74) is 3.86. The number of benzene rings is 1. The third-order valence-electron chi connectivity index (χ3n) is 4.24. The maximum absolute atomic E-state index is 11.9. The van der Waals surface area contributed by atoms with Crippen LogP contribution in [-0.4, -0.2) is 26.7 Å². The topological polar surface area (TPSA) is 67.2 Å². The predicted octanol–water partition coefficient (Wildman–Crippen LogP) is 2.59. The summed E-state index contributed by atoms with van der Waals surface area (Å²) in [6, 6.07) is 7.62. The first-order valence-corrected chi connectivity index (χ1v) is 7.63. The van der Waals surface area contributed by atoms with E-state index in [2.05, 4.69) is 10.3 Å². The zero-order chi connectivity index (χ0) is 15.7. The first-order chi connectivity index (χ1) is 10.5. The van der Waals surface area contributed by atoms with Crippen LogP contribution in [0.15, 0.2) is 30.6 Å². The van der Waals surface area contributed by atoms with Crippen molar-refractivity contribution in [2.24, 2.45) is 5.92 Å². The Morgan fingerprint density at radius 3 is 2.59 bits per heavy atom. The Kier molecular flexibility index (Phi) is 3.98. The number of nitrogens with zero attached hydrogens (tertiary/aromatic N) is 2. The number of aliphatic hydroxyl groups is 1. The standard InChI is InChI=1S/C17H21N3O2/c1-11-12(2)20(10-18-11)15-7-5-14(6-8-15)19-17(22)9-16(21)13-3-4-13/h5-8,10,13,16,21H,3-4,9H2,1-2H3,(H,19,22). The second kappa shape index (κ2) is 5.93. The molecule has 0 radical (unpaired) electrons. The minimum atomic E-state index is -0.504. The van der Waals surface area contributed by atoms with E-state index in [0.717, 1.165) is 35.6 Å². The van der Waals surface area contributed by atoms with Crippen molar-refractivity contribution in [1.82, 2.24) is 9.55 Å². The number of hydrogen-bond donors (Lipinski definition) is 2. The van der Waals surface area contributed by atoms with Crippen LogP contribution in [0.25, 0.3) is 5.69 Å². The molecular formula is C17H21N3O2. The molecule has 5 heteroatoms. The summed E-state index contributed by atoms with van der Waals surface area (Å²) in [5, 5.41) is 12.6. The number of aryl methyl sites for hydroxylation is 1. The molecule has 1 saturated carbocycles. The van der Waals surface area contributed by atoms with Crippen LogP contribution in [0.1, 0.15) is 30.7 Å². The van der Waals surface area contributed by atoms with Gasteiger partial charge in [0.2, 0.25) is 5.91 Å². The molecule has 1 unspecified atom stereocenters. The molecule has 0 spiro atoms. The lowest BCUT2D eigenvalue weighted by Crippen LogP contribution is -2.21. The maximum atomic E-state index is 11.9. The van der Waals surface area contributed by atoms with Gasteiger partial charge in [0.25, 0.3) is 0 Å². The minimum Gasteiger partial charge on any atom is -0.392 e. The highest BCUT2D eigenvalue weighted by molar-refractivity contribution is 5.91. The number of hydrogen-bond acceptors (Lipinski definition) is 3. The molecule has 0 saturated heterocycles. The first kappa shape index (κ1) is 14.8. The first-order valence-electron chi connectivity index (χ1n) is 7.63. The van der Waals surface area contributed by atoms with E-state index in [1.165, 1.54) is 0 Å². The van der Waals surface area contributed by atoms with Gasteiger partial charge in [0.1, 0.15) is 0 Å². The number of aromatic nitrogens is 2. The molecule has 1 heterocycles. The molecule has 22 heavy (non-hydrogen) atoms. The lowest BCUT2D eigenvalue weighted by Gasteiger charge is -2.11. The second-order valence-corrected chi connectivity index (χ2v) is 5.99. The van der Waals surface area contributed by atoms with Crippen LogP contribution in [0.2, 0.25) is 0 Å². The minimum absolute atomic E-state index is 0.137. The molecule has 1 fully saturated rings. The lowest BCUT2D eigenvalue weighted by molar-refractivity contribution is -0.118. The highest BCUT2D eigenvalue weighted by Crippen LogP contribution is 2.33. The molecule has 1 aromatic heterocycles. The van der Waals surface area contributed by atoms with Gasteiger partial charge in [-0.05, 0) is 56.9 Å². The van der Waals surface area contributed by atoms with E-state index in [4.69, 9.17) is 0 Å². The maximum Gasteiger partial charge on any atom is 0.226 e. The van der Waals surface area contributed by atoms with Crippen LogP contribution in [0, 0.1) is 19.8 Å². The Morgan fingerprint density at radius 1 is 1.36 bits per heavy atom. The predicted molar refractivity (Wildman–Crippen MR) is 85.0 cm³/mol. The van der Waals surface area contributed by atoms with Gasteiger partial charge < -0.3 is 15.0 Å². The van der Waals surface area contributed by atoms with Gasteiger partial charge in [0.05, 0.1) is 24.5 Å². The van der Waals surface area contributed by atoms with Crippen LogP contribution < -0.4 is 5.32 Å². The third-order valence-corrected chi connectivity index (χ3v) is 4.24. The van der Waals surface area contributed by atoms with Crippen LogP contribution in [0.4, 0.5) is 5.69 Å². The largest absolute Gasteiger partial charge is 0.392 e. The van der Waals surface area contributed by atoms with Crippen molar-refractivity contribution in [3.8, 4) is 5.69 Å². The monoisotopic (exact) mass is 299 g/mol. The van der Waals surface area contributed by atoms with Gasteiger partial charge in [-0.15, -0.1) is 0 Å². The average molecular weight is 299 g/mol. The zero-order valence-electron chi connectivity index (χ0n) is 12.9. The summed E-state index contributed by atoms with van der Waals surface area (Å²) in [6.07, 6.45) is 3.53. The number of imidazole rings is 1. The van der Waals surface area contributed by atoms with Crippen LogP contribution in [0.3, 0.4) is 0 Å². The van der Waals surface area contributed by atoms with E-state index in [0.29, 0.717) is 5.92 Å². The van der Waals surface area contributed by atoms with Crippen molar-refractivity contribution >= 4 is 11.6 Å². The van der Waals surface area contributed by atoms with Gasteiger partial charge in [-0.1, -0.05) is 0 Å². The molecule has 5 nitrogen and oxygen atoms in total. The fourth-order valence-electron chi connectivity index (χ4n) is 2.51. The van der Waals surface area contributed by atoms with E-state index in [-0.39, 0.29) is 12.3 Å². The lowest BCUT2D eigenvalue weighted by atomic mass is 10.1.